The number of hydrogen-bond donors (Lipinski definition) is 1. The van der Waals surface area contributed by atoms with Gasteiger partial charge in [-0.1, -0.05) is 18.2 Å². The number of amides is 3. The van der Waals surface area contributed by atoms with Gasteiger partial charge in [0.2, 0.25) is 0 Å². The first-order valence-electron chi connectivity index (χ1n) is 9.86. The summed E-state index contributed by atoms with van der Waals surface area (Å²) in [6.07, 6.45) is 6.96. The molecule has 3 aromatic rings. The van der Waals surface area contributed by atoms with Crippen LogP contribution < -0.4 is 10.2 Å². The number of urea groups is 1. The summed E-state index contributed by atoms with van der Waals surface area (Å²) >= 11 is 1.68. The molecule has 0 saturated heterocycles. The molecule has 0 aliphatic carbocycles. The minimum Gasteiger partial charge on any atom is -0.348 e. The van der Waals surface area contributed by atoms with Crippen LogP contribution in [0.5, 0.6) is 0 Å². The van der Waals surface area contributed by atoms with Gasteiger partial charge in [-0.2, -0.15) is 0 Å². The van der Waals surface area contributed by atoms with Crippen LogP contribution in [0.25, 0.3) is 0 Å². The number of rotatable bonds is 6. The second-order valence-corrected chi connectivity index (χ2v) is 8.18. The van der Waals surface area contributed by atoms with Crippen LogP contribution >= 0.6 is 11.8 Å². The summed E-state index contributed by atoms with van der Waals surface area (Å²) in [6.45, 7) is 1.29. The standard InChI is InChI=1S/C23H23N5O2S/c1-27-21-19(15-28(23(27)30)14-16-5-7-20(31-2)8-6-16)10-18(13-25-21)22(29)26-12-17-4-3-9-24-11-17/h3-11,13H,12,14-15H2,1-2H3,(H,26,29). The largest absolute Gasteiger partial charge is 0.348 e. The number of nitrogens with one attached hydrogen (secondary N) is 1. The van der Waals surface area contributed by atoms with E-state index < -0.39 is 0 Å². The molecule has 7 nitrogen and oxygen atoms in total. The van der Waals surface area contributed by atoms with E-state index in [1.54, 1.807) is 36.1 Å². The van der Waals surface area contributed by atoms with Crippen LogP contribution in [0.4, 0.5) is 10.6 Å². The molecule has 31 heavy (non-hydrogen) atoms. The van der Waals surface area contributed by atoms with Gasteiger partial charge in [0.15, 0.2) is 0 Å². The zero-order valence-corrected chi connectivity index (χ0v) is 18.2. The van der Waals surface area contributed by atoms with E-state index in [-0.39, 0.29) is 11.9 Å². The second kappa shape index (κ2) is 9.18. The monoisotopic (exact) mass is 433 g/mol. The van der Waals surface area contributed by atoms with Crippen molar-refractivity contribution in [1.29, 1.82) is 0 Å². The van der Waals surface area contributed by atoms with E-state index in [4.69, 9.17) is 0 Å². The van der Waals surface area contributed by atoms with E-state index in [2.05, 4.69) is 27.4 Å². The lowest BCUT2D eigenvalue weighted by Crippen LogP contribution is -2.45. The zero-order valence-electron chi connectivity index (χ0n) is 17.4. The fourth-order valence-corrected chi connectivity index (χ4v) is 3.89. The molecule has 3 amide bonds. The highest BCUT2D eigenvalue weighted by atomic mass is 32.2. The molecule has 4 rings (SSSR count). The van der Waals surface area contributed by atoms with Crippen molar-refractivity contribution >= 4 is 29.5 Å². The number of thioether (sulfide) groups is 1. The Labute approximate surface area is 185 Å². The van der Waals surface area contributed by atoms with Gasteiger partial charge in [-0.25, -0.2) is 9.78 Å². The maximum absolute atomic E-state index is 12.8. The third-order valence-electron chi connectivity index (χ3n) is 5.15. The highest BCUT2D eigenvalue weighted by Crippen LogP contribution is 2.27. The minimum atomic E-state index is -0.210. The van der Waals surface area contributed by atoms with Crippen LogP contribution in [0, 0.1) is 0 Å². The zero-order chi connectivity index (χ0) is 21.8. The molecule has 0 unspecified atom stereocenters. The SMILES string of the molecule is CSc1ccc(CN2Cc3cc(C(=O)NCc4cccnc4)cnc3N(C)C2=O)cc1. The molecule has 1 aromatic carbocycles. The maximum Gasteiger partial charge on any atom is 0.326 e. The predicted molar refractivity (Wildman–Crippen MR) is 121 cm³/mol. The van der Waals surface area contributed by atoms with E-state index in [1.807, 2.05) is 36.6 Å². The summed E-state index contributed by atoms with van der Waals surface area (Å²) in [5.74, 6) is 0.376. The van der Waals surface area contributed by atoms with E-state index in [1.165, 1.54) is 16.0 Å². The number of fused-ring (bicyclic) bond motifs is 1. The van der Waals surface area contributed by atoms with Crippen LogP contribution in [0.2, 0.25) is 0 Å². The molecule has 0 fully saturated rings. The molecule has 1 N–H and O–H groups in total. The van der Waals surface area contributed by atoms with Gasteiger partial charge in [-0.05, 0) is 41.6 Å². The molecule has 2 aromatic heterocycles. The molecular formula is C23H23N5O2S. The molecule has 0 spiro atoms. The highest BCUT2D eigenvalue weighted by Gasteiger charge is 2.29. The summed E-state index contributed by atoms with van der Waals surface area (Å²) in [5, 5.41) is 2.89. The van der Waals surface area contributed by atoms with Crippen LogP contribution in [0.1, 0.15) is 27.0 Å². The first-order chi connectivity index (χ1) is 15.0. The predicted octanol–water partition coefficient (Wildman–Crippen LogP) is 3.70. The van der Waals surface area contributed by atoms with Gasteiger partial charge < -0.3 is 10.2 Å². The molecule has 0 bridgehead atoms. The summed E-state index contributed by atoms with van der Waals surface area (Å²) in [5.41, 5.74) is 3.29. The van der Waals surface area contributed by atoms with Crippen molar-refractivity contribution in [3.8, 4) is 0 Å². The molecule has 0 radical (unpaired) electrons. The van der Waals surface area contributed by atoms with Crippen molar-refractivity contribution < 1.29 is 9.59 Å². The van der Waals surface area contributed by atoms with Crippen molar-refractivity contribution in [1.82, 2.24) is 20.2 Å². The molecule has 1 aliphatic rings. The number of carbonyl (C=O) groups is 2. The normalized spacial score (nSPS) is 13.2. The number of hydrogen-bond acceptors (Lipinski definition) is 5. The lowest BCUT2D eigenvalue weighted by molar-refractivity contribution is 0.0950. The van der Waals surface area contributed by atoms with Crippen molar-refractivity contribution in [2.75, 3.05) is 18.2 Å². The van der Waals surface area contributed by atoms with Crippen molar-refractivity contribution in [2.45, 2.75) is 24.5 Å². The van der Waals surface area contributed by atoms with E-state index in [0.717, 1.165) is 16.7 Å². The van der Waals surface area contributed by atoms with Gasteiger partial charge in [0.1, 0.15) is 5.82 Å². The number of pyridine rings is 2. The lowest BCUT2D eigenvalue weighted by Gasteiger charge is -2.34. The van der Waals surface area contributed by atoms with Crippen LogP contribution in [-0.4, -0.2) is 40.1 Å². The van der Waals surface area contributed by atoms with Crippen LogP contribution in [0.15, 0.2) is 66.0 Å². The van der Waals surface area contributed by atoms with E-state index in [9.17, 15) is 9.59 Å². The Bertz CT molecular complexity index is 1090. The van der Waals surface area contributed by atoms with Gasteiger partial charge in [-0.15, -0.1) is 11.8 Å². The molecular weight excluding hydrogens is 410 g/mol. The molecule has 0 saturated carbocycles. The Morgan fingerprint density at radius 1 is 1.16 bits per heavy atom. The van der Waals surface area contributed by atoms with Crippen molar-refractivity contribution in [3.63, 3.8) is 0 Å². The lowest BCUT2D eigenvalue weighted by atomic mass is 10.1. The summed E-state index contributed by atoms with van der Waals surface area (Å²) in [6, 6.07) is 13.6. The Hall–Kier alpha value is -3.39. The van der Waals surface area contributed by atoms with Gasteiger partial charge >= 0.3 is 6.03 Å². The smallest absolute Gasteiger partial charge is 0.326 e. The van der Waals surface area contributed by atoms with Gasteiger partial charge in [0.25, 0.3) is 5.91 Å². The average Bonchev–Trinajstić information content (AvgIpc) is 2.81. The number of anilines is 1. The third kappa shape index (κ3) is 4.69. The third-order valence-corrected chi connectivity index (χ3v) is 5.89. The topological polar surface area (TPSA) is 78.4 Å². The van der Waals surface area contributed by atoms with E-state index >= 15 is 0 Å². The minimum absolute atomic E-state index is 0.109. The first-order valence-corrected chi connectivity index (χ1v) is 11.1. The quantitative estimate of drug-likeness (QED) is 0.600. The number of carbonyl (C=O) groups excluding carboxylic acids is 2. The van der Waals surface area contributed by atoms with Gasteiger partial charge in [-0.3, -0.25) is 14.7 Å². The number of nitrogens with zero attached hydrogens (tertiary/aromatic N) is 4. The highest BCUT2D eigenvalue weighted by molar-refractivity contribution is 7.98. The molecule has 8 heteroatoms. The number of aromatic nitrogens is 2. The molecule has 158 valence electrons. The Balaban J connectivity index is 1.49. The van der Waals surface area contributed by atoms with Crippen LogP contribution in [0.3, 0.4) is 0 Å². The van der Waals surface area contributed by atoms with Crippen molar-refractivity contribution in [3.05, 3.63) is 83.3 Å². The fraction of sp³-hybridized carbons (Fsp3) is 0.217. The van der Waals surface area contributed by atoms with Crippen LogP contribution in [-0.2, 0) is 19.6 Å². The van der Waals surface area contributed by atoms with E-state index in [0.29, 0.717) is 31.0 Å². The number of benzene rings is 1. The Kier molecular flexibility index (Phi) is 6.18. The summed E-state index contributed by atoms with van der Waals surface area (Å²) < 4.78 is 0. The molecule has 0 atom stereocenters. The maximum atomic E-state index is 12.8. The van der Waals surface area contributed by atoms with Gasteiger partial charge in [0.05, 0.1) is 12.1 Å². The van der Waals surface area contributed by atoms with Crippen molar-refractivity contribution in [2.24, 2.45) is 0 Å². The first kappa shape index (κ1) is 20.9. The fourth-order valence-electron chi connectivity index (χ4n) is 3.48. The Morgan fingerprint density at radius 2 is 1.97 bits per heavy atom. The van der Waals surface area contributed by atoms with Gasteiger partial charge in [0, 0.05) is 49.2 Å². The Morgan fingerprint density at radius 3 is 2.68 bits per heavy atom. The average molecular weight is 434 g/mol. The second-order valence-electron chi connectivity index (χ2n) is 7.30. The molecule has 3 heterocycles. The molecule has 1 aliphatic heterocycles. The summed E-state index contributed by atoms with van der Waals surface area (Å²) in [4.78, 5) is 38.4. The summed E-state index contributed by atoms with van der Waals surface area (Å²) in [7, 11) is 1.71.